The van der Waals surface area contributed by atoms with Gasteiger partial charge >= 0.3 is 0 Å². The number of hydrogen-bond acceptors (Lipinski definition) is 4. The predicted octanol–water partition coefficient (Wildman–Crippen LogP) is 5.66. The number of nitrogens with two attached hydrogens (primary N) is 1. The van der Waals surface area contributed by atoms with Crippen molar-refractivity contribution < 1.29 is 13.8 Å². The molecule has 0 amide bonds. The minimum absolute atomic E-state index is 0.158. The molecule has 0 bridgehead atoms. The Hall–Kier alpha value is -0.830. The smallest absolute Gasteiger partial charge is 0.239 e. The molecule has 144 valence electrons. The van der Waals surface area contributed by atoms with E-state index in [0.29, 0.717) is 18.7 Å². The summed E-state index contributed by atoms with van der Waals surface area (Å²) < 4.78 is 24.7. The second-order valence-electron chi connectivity index (χ2n) is 6.94. The molecule has 2 N–H and O–H groups in total. The summed E-state index contributed by atoms with van der Waals surface area (Å²) in [7, 11) is -2.77. The van der Waals surface area contributed by atoms with E-state index in [-0.39, 0.29) is 12.4 Å². The Bertz CT molecular complexity index is 493. The van der Waals surface area contributed by atoms with Crippen LogP contribution in [0.5, 0.6) is 5.75 Å². The van der Waals surface area contributed by atoms with Gasteiger partial charge in [-0.05, 0) is 50.7 Å². The van der Waals surface area contributed by atoms with Crippen molar-refractivity contribution in [2.45, 2.75) is 65.3 Å². The van der Waals surface area contributed by atoms with E-state index in [1.807, 2.05) is 30.3 Å². The summed E-state index contributed by atoms with van der Waals surface area (Å²) in [5, 5.41) is 0. The summed E-state index contributed by atoms with van der Waals surface area (Å²) in [4.78, 5) is 0. The average Bonchev–Trinajstić information content (AvgIpc) is 2.60. The number of ether oxygens (including phenoxy) is 1. The highest BCUT2D eigenvalue weighted by atomic mass is 31.2. The number of para-hydroxylation sites is 1. The standard InChI is InChI=1S/C20H36NO3P/c1-4-6-14-24-25(22,17-23-20-12-8-7-9-13-20)15-10-11-19(5-2)16-18(3)21/h7-9,12-13,18-19H,4-6,10-11,14-17,21H2,1-3H3/t18?,19?,25-/m1/s1. The summed E-state index contributed by atoms with van der Waals surface area (Å²) in [5.41, 5.74) is 5.92. The Balaban J connectivity index is 2.53. The van der Waals surface area contributed by atoms with Crippen LogP contribution in [0.15, 0.2) is 30.3 Å². The minimum Gasteiger partial charge on any atom is -0.484 e. The van der Waals surface area contributed by atoms with Gasteiger partial charge < -0.3 is 15.0 Å². The van der Waals surface area contributed by atoms with Crippen molar-refractivity contribution in [3.05, 3.63) is 30.3 Å². The summed E-state index contributed by atoms with van der Waals surface area (Å²) in [6.45, 7) is 6.90. The molecule has 1 rings (SSSR count). The maximum absolute atomic E-state index is 13.2. The van der Waals surface area contributed by atoms with Crippen molar-refractivity contribution >= 4 is 7.37 Å². The zero-order valence-corrected chi connectivity index (χ0v) is 17.0. The zero-order valence-electron chi connectivity index (χ0n) is 16.2. The van der Waals surface area contributed by atoms with Crippen molar-refractivity contribution in [3.63, 3.8) is 0 Å². The summed E-state index contributed by atoms with van der Waals surface area (Å²) >= 11 is 0. The maximum atomic E-state index is 13.2. The molecule has 0 aliphatic heterocycles. The van der Waals surface area contributed by atoms with Gasteiger partial charge in [0.2, 0.25) is 7.37 Å². The number of unbranched alkanes of at least 4 members (excludes halogenated alkanes) is 1. The van der Waals surface area contributed by atoms with Gasteiger partial charge in [0.25, 0.3) is 0 Å². The lowest BCUT2D eigenvalue weighted by atomic mass is 9.94. The fourth-order valence-electron chi connectivity index (χ4n) is 2.87. The highest BCUT2D eigenvalue weighted by molar-refractivity contribution is 7.58. The molecular formula is C20H36NO3P. The molecule has 0 aliphatic rings. The fourth-order valence-corrected chi connectivity index (χ4v) is 4.67. The van der Waals surface area contributed by atoms with E-state index in [1.54, 1.807) is 0 Å². The van der Waals surface area contributed by atoms with Crippen molar-refractivity contribution in [3.8, 4) is 5.75 Å². The fraction of sp³-hybridized carbons (Fsp3) is 0.700. The number of rotatable bonds is 14. The quantitative estimate of drug-likeness (QED) is 0.339. The van der Waals surface area contributed by atoms with Crippen LogP contribution < -0.4 is 10.5 Å². The van der Waals surface area contributed by atoms with Crippen molar-refractivity contribution in [2.24, 2.45) is 11.7 Å². The summed E-state index contributed by atoms with van der Waals surface area (Å²) in [6.07, 6.45) is 6.78. The third-order valence-electron chi connectivity index (χ3n) is 4.39. The van der Waals surface area contributed by atoms with E-state index in [1.165, 1.54) is 0 Å². The topological polar surface area (TPSA) is 61.5 Å². The molecule has 3 atom stereocenters. The SMILES string of the molecule is CCCCO[P@](=O)(CCCC(CC)CC(C)N)COc1ccccc1. The molecule has 0 aliphatic carbocycles. The Kier molecular flexibility index (Phi) is 11.1. The second-order valence-corrected chi connectivity index (χ2v) is 9.53. The van der Waals surface area contributed by atoms with Crippen LogP contribution in [0.3, 0.4) is 0 Å². The van der Waals surface area contributed by atoms with E-state index < -0.39 is 7.37 Å². The number of hydrogen-bond donors (Lipinski definition) is 1. The van der Waals surface area contributed by atoms with E-state index >= 15 is 0 Å². The molecule has 1 aromatic carbocycles. The van der Waals surface area contributed by atoms with E-state index in [4.69, 9.17) is 15.0 Å². The van der Waals surface area contributed by atoms with Gasteiger partial charge in [-0.3, -0.25) is 4.57 Å². The summed E-state index contributed by atoms with van der Waals surface area (Å²) in [5.74, 6) is 1.34. The van der Waals surface area contributed by atoms with Crippen LogP contribution in [0.25, 0.3) is 0 Å². The maximum Gasteiger partial charge on any atom is 0.239 e. The van der Waals surface area contributed by atoms with Gasteiger partial charge in [0.05, 0.1) is 6.61 Å². The first-order chi connectivity index (χ1) is 12.0. The monoisotopic (exact) mass is 369 g/mol. The minimum atomic E-state index is -2.77. The van der Waals surface area contributed by atoms with Crippen LogP contribution in [-0.4, -0.2) is 25.2 Å². The normalized spacial score (nSPS) is 16.2. The van der Waals surface area contributed by atoms with Gasteiger partial charge in [0, 0.05) is 12.2 Å². The average molecular weight is 369 g/mol. The molecule has 0 fully saturated rings. The first-order valence-corrected chi connectivity index (χ1v) is 11.6. The van der Waals surface area contributed by atoms with Crippen LogP contribution in [0, 0.1) is 5.92 Å². The molecule has 0 saturated heterocycles. The van der Waals surface area contributed by atoms with E-state index in [2.05, 4.69) is 20.8 Å². The molecule has 2 unspecified atom stereocenters. The van der Waals surface area contributed by atoms with Gasteiger partial charge in [-0.2, -0.15) is 0 Å². The number of benzene rings is 1. The first kappa shape index (κ1) is 22.2. The lowest BCUT2D eigenvalue weighted by Crippen LogP contribution is -2.19. The summed E-state index contributed by atoms with van der Waals surface area (Å²) in [6, 6.07) is 9.75. The molecule has 5 heteroatoms. The Morgan fingerprint density at radius 3 is 2.48 bits per heavy atom. The van der Waals surface area contributed by atoms with Crippen molar-refractivity contribution in [1.29, 1.82) is 0 Å². The molecule has 0 heterocycles. The predicted molar refractivity (Wildman–Crippen MR) is 107 cm³/mol. The molecule has 0 radical (unpaired) electrons. The molecule has 1 aromatic rings. The van der Waals surface area contributed by atoms with E-state index in [9.17, 15) is 4.57 Å². The third kappa shape index (κ3) is 10.0. The highest BCUT2D eigenvalue weighted by Crippen LogP contribution is 2.48. The molecule has 25 heavy (non-hydrogen) atoms. The van der Waals surface area contributed by atoms with Crippen LogP contribution in [0.2, 0.25) is 0 Å². The van der Waals surface area contributed by atoms with Gasteiger partial charge in [-0.25, -0.2) is 0 Å². The molecular weight excluding hydrogens is 333 g/mol. The van der Waals surface area contributed by atoms with E-state index in [0.717, 1.165) is 44.3 Å². The zero-order chi connectivity index (χ0) is 18.5. The van der Waals surface area contributed by atoms with Crippen LogP contribution in [0.4, 0.5) is 0 Å². The second kappa shape index (κ2) is 12.5. The Morgan fingerprint density at radius 2 is 1.88 bits per heavy atom. The van der Waals surface area contributed by atoms with Crippen LogP contribution >= 0.6 is 7.37 Å². The van der Waals surface area contributed by atoms with Crippen molar-refractivity contribution in [2.75, 3.05) is 19.1 Å². The molecule has 4 nitrogen and oxygen atoms in total. The Morgan fingerprint density at radius 1 is 1.16 bits per heavy atom. The van der Waals surface area contributed by atoms with Gasteiger partial charge in [0.15, 0.2) is 6.35 Å². The van der Waals surface area contributed by atoms with Gasteiger partial charge in [0.1, 0.15) is 5.75 Å². The molecule has 0 aromatic heterocycles. The van der Waals surface area contributed by atoms with Crippen molar-refractivity contribution in [1.82, 2.24) is 0 Å². The molecule has 0 spiro atoms. The Labute approximate surface area is 153 Å². The van der Waals surface area contributed by atoms with Crippen LogP contribution in [-0.2, 0) is 9.09 Å². The largest absolute Gasteiger partial charge is 0.484 e. The van der Waals surface area contributed by atoms with Crippen LogP contribution in [0.1, 0.15) is 59.3 Å². The first-order valence-electron chi connectivity index (χ1n) is 9.65. The van der Waals surface area contributed by atoms with Gasteiger partial charge in [-0.15, -0.1) is 0 Å². The lowest BCUT2D eigenvalue weighted by Gasteiger charge is -2.21. The molecule has 0 saturated carbocycles. The third-order valence-corrected chi connectivity index (χ3v) is 6.56. The van der Waals surface area contributed by atoms with Gasteiger partial charge in [-0.1, -0.05) is 44.9 Å². The lowest BCUT2D eigenvalue weighted by molar-refractivity contribution is 0.274. The highest BCUT2D eigenvalue weighted by Gasteiger charge is 2.24.